The number of phenols is 1. The van der Waals surface area contributed by atoms with Gasteiger partial charge in [-0.05, 0) is 113 Å². The van der Waals surface area contributed by atoms with E-state index in [0.29, 0.717) is 36.8 Å². The Morgan fingerprint density at radius 1 is 1.05 bits per heavy atom. The molecule has 0 radical (unpaired) electrons. The number of rotatable bonds is 6. The quantitative estimate of drug-likeness (QED) is 0.276. The van der Waals surface area contributed by atoms with E-state index in [2.05, 4.69) is 13.8 Å². The van der Waals surface area contributed by atoms with Crippen LogP contribution in [-0.2, 0) is 33.6 Å². The largest absolute Gasteiger partial charge is 0.507 e. The van der Waals surface area contributed by atoms with Crippen LogP contribution in [0.2, 0.25) is 0 Å². The predicted octanol–water partition coefficient (Wildman–Crippen LogP) is 6.12. The van der Waals surface area contributed by atoms with Crippen molar-refractivity contribution in [1.82, 2.24) is 0 Å². The molecule has 3 atom stereocenters. The lowest BCUT2D eigenvalue weighted by Gasteiger charge is -2.46. The lowest BCUT2D eigenvalue weighted by molar-refractivity contribution is -0.157. The summed E-state index contributed by atoms with van der Waals surface area (Å²) < 4.78 is 5.92. The Balaban J connectivity index is 1.53. The van der Waals surface area contributed by atoms with E-state index in [1.54, 1.807) is 6.92 Å². The molecule has 0 unspecified atom stereocenters. The average molecular weight is 587 g/mol. The summed E-state index contributed by atoms with van der Waals surface area (Å²) in [6, 6.07) is 9.85. The van der Waals surface area contributed by atoms with Crippen LogP contribution in [-0.4, -0.2) is 43.9 Å². The zero-order valence-corrected chi connectivity index (χ0v) is 26.1. The molecule has 2 aromatic rings. The molecular weight excluding hydrogens is 544 g/mol. The summed E-state index contributed by atoms with van der Waals surface area (Å²) in [6.45, 7) is 13.0. The predicted molar refractivity (Wildman–Crippen MR) is 164 cm³/mol. The highest BCUT2D eigenvalue weighted by Gasteiger charge is 2.60. The maximum absolute atomic E-state index is 13.9. The van der Waals surface area contributed by atoms with Gasteiger partial charge in [0.1, 0.15) is 22.9 Å². The highest BCUT2D eigenvalue weighted by atomic mass is 16.5. The molecule has 0 heterocycles. The van der Waals surface area contributed by atoms with Crippen LogP contribution in [0.25, 0.3) is 5.76 Å². The summed E-state index contributed by atoms with van der Waals surface area (Å²) in [6.07, 6.45) is 2.10. The summed E-state index contributed by atoms with van der Waals surface area (Å²) >= 11 is 0. The Morgan fingerprint density at radius 2 is 1.70 bits per heavy atom. The van der Waals surface area contributed by atoms with E-state index in [9.17, 15) is 29.7 Å². The van der Waals surface area contributed by atoms with Crippen molar-refractivity contribution in [3.05, 3.63) is 74.9 Å². The molecule has 228 valence electrons. The number of aliphatic hydroxyl groups excluding tert-OH is 1. The van der Waals surface area contributed by atoms with Gasteiger partial charge in [-0.25, -0.2) is 0 Å². The number of phenolic OH excluding ortho intramolecular Hbond substituents is 1. The summed E-state index contributed by atoms with van der Waals surface area (Å²) in [5.41, 5.74) is 1.41. The van der Waals surface area contributed by atoms with Gasteiger partial charge in [-0.1, -0.05) is 37.6 Å². The summed E-state index contributed by atoms with van der Waals surface area (Å²) in [5, 5.41) is 34.8. The number of hydrogen-bond donors (Lipinski definition) is 3. The zero-order chi connectivity index (χ0) is 31.6. The van der Waals surface area contributed by atoms with E-state index in [1.165, 1.54) is 6.92 Å². The van der Waals surface area contributed by atoms with Crippen LogP contribution >= 0.6 is 0 Å². The first-order valence-electron chi connectivity index (χ1n) is 15.2. The molecule has 0 saturated heterocycles. The molecule has 0 amide bonds. The normalized spacial score (nSPS) is 23.7. The molecule has 1 saturated carbocycles. The first kappa shape index (κ1) is 30.7. The second kappa shape index (κ2) is 10.8. The molecule has 0 aromatic heterocycles. The second-order valence-electron chi connectivity index (χ2n) is 13.8. The van der Waals surface area contributed by atoms with Gasteiger partial charge in [0.2, 0.25) is 11.6 Å². The summed E-state index contributed by atoms with van der Waals surface area (Å²) in [7, 11) is 0. The molecule has 0 aliphatic heterocycles. The van der Waals surface area contributed by atoms with Crippen LogP contribution < -0.4 is 4.74 Å². The van der Waals surface area contributed by atoms with Crippen LogP contribution in [0.5, 0.6) is 11.5 Å². The topological polar surface area (TPSA) is 121 Å². The van der Waals surface area contributed by atoms with Crippen LogP contribution in [0.3, 0.4) is 0 Å². The van der Waals surface area contributed by atoms with Crippen molar-refractivity contribution in [2.45, 2.75) is 97.7 Å². The van der Waals surface area contributed by atoms with Crippen molar-refractivity contribution in [2.24, 2.45) is 11.8 Å². The molecular formula is C36H42O7. The summed E-state index contributed by atoms with van der Waals surface area (Å²) in [5.74, 6) is -2.94. The van der Waals surface area contributed by atoms with Crippen LogP contribution in [0.4, 0.5) is 0 Å². The molecule has 7 nitrogen and oxygen atoms in total. The Kier molecular flexibility index (Phi) is 7.70. The molecule has 0 spiro atoms. The maximum atomic E-state index is 13.9. The molecule has 3 aliphatic rings. The number of Topliss-reactive ketones (excluding diaryl/α,β-unsaturated/α-hetero) is 3. The van der Waals surface area contributed by atoms with E-state index < -0.39 is 34.8 Å². The summed E-state index contributed by atoms with van der Waals surface area (Å²) in [4.78, 5) is 39.7. The Hall–Kier alpha value is -3.71. The number of hydrogen-bond acceptors (Lipinski definition) is 7. The molecule has 0 bridgehead atoms. The lowest BCUT2D eigenvalue weighted by Crippen LogP contribution is -2.61. The Morgan fingerprint density at radius 3 is 2.28 bits per heavy atom. The number of carbonyl (C=O) groups is 3. The van der Waals surface area contributed by atoms with Gasteiger partial charge >= 0.3 is 0 Å². The number of aromatic hydroxyl groups is 1. The average Bonchev–Trinajstić information content (AvgIpc) is 2.90. The Labute approximate surface area is 253 Å². The van der Waals surface area contributed by atoms with E-state index in [4.69, 9.17) is 4.74 Å². The van der Waals surface area contributed by atoms with Gasteiger partial charge < -0.3 is 20.1 Å². The number of aliphatic hydroxyl groups is 2. The minimum Gasteiger partial charge on any atom is -0.507 e. The number of ether oxygens (including phenoxy) is 1. The second-order valence-corrected chi connectivity index (χ2v) is 13.8. The lowest BCUT2D eigenvalue weighted by atomic mass is 9.57. The molecule has 3 aliphatic carbocycles. The van der Waals surface area contributed by atoms with Crippen molar-refractivity contribution >= 4 is 23.1 Å². The van der Waals surface area contributed by atoms with Crippen molar-refractivity contribution in [3.8, 4) is 11.5 Å². The number of fused-ring (bicyclic) bond motifs is 3. The van der Waals surface area contributed by atoms with Gasteiger partial charge in [0.25, 0.3) is 0 Å². The molecule has 5 rings (SSSR count). The fourth-order valence-corrected chi connectivity index (χ4v) is 7.24. The molecule has 2 aromatic carbocycles. The van der Waals surface area contributed by atoms with Gasteiger partial charge in [-0.3, -0.25) is 14.4 Å². The third-order valence-corrected chi connectivity index (χ3v) is 9.18. The third-order valence-electron chi connectivity index (χ3n) is 9.18. The van der Waals surface area contributed by atoms with Crippen molar-refractivity contribution in [3.63, 3.8) is 0 Å². The van der Waals surface area contributed by atoms with Gasteiger partial charge in [0, 0.05) is 11.5 Å². The van der Waals surface area contributed by atoms with E-state index in [0.717, 1.165) is 22.4 Å². The minimum atomic E-state index is -2.41. The van der Waals surface area contributed by atoms with Crippen molar-refractivity contribution < 1.29 is 34.4 Å². The fourth-order valence-electron chi connectivity index (χ4n) is 7.24. The first-order chi connectivity index (χ1) is 20.0. The number of aryl methyl sites for hydroxylation is 2. The van der Waals surface area contributed by atoms with E-state index >= 15 is 0 Å². The van der Waals surface area contributed by atoms with Crippen LogP contribution in [0.15, 0.2) is 47.1 Å². The fraction of sp³-hybridized carbons (Fsp3) is 0.472. The van der Waals surface area contributed by atoms with Crippen LogP contribution in [0.1, 0.15) is 95.0 Å². The number of ketones is 3. The van der Waals surface area contributed by atoms with Crippen LogP contribution in [0, 0.1) is 11.8 Å². The molecule has 43 heavy (non-hydrogen) atoms. The van der Waals surface area contributed by atoms with Gasteiger partial charge in [-0.2, -0.15) is 0 Å². The number of allylic oxidation sites excluding steroid dienone is 1. The third kappa shape index (κ3) is 5.22. The SMILES string of the molecule is CC(=O)C1=C(C)C[C@H]2C[C@H]3Cc4c(C(C)C)cc(CCc5ccc(OC(C)(C)C)cc5)c(O)c4C(O)=C3C(=O)[C@@]2(O)C1=O. The smallest absolute Gasteiger partial charge is 0.206 e. The monoisotopic (exact) mass is 586 g/mol. The van der Waals surface area contributed by atoms with Crippen molar-refractivity contribution in [1.29, 1.82) is 0 Å². The molecule has 7 heteroatoms. The number of benzene rings is 2. The first-order valence-corrected chi connectivity index (χ1v) is 15.2. The van der Waals surface area contributed by atoms with E-state index in [-0.39, 0.29) is 46.2 Å². The number of carbonyl (C=O) groups excluding carboxylic acids is 3. The van der Waals surface area contributed by atoms with Gasteiger partial charge in [-0.15, -0.1) is 0 Å². The molecule has 3 N–H and O–H groups in total. The van der Waals surface area contributed by atoms with Crippen molar-refractivity contribution in [2.75, 3.05) is 0 Å². The molecule has 1 fully saturated rings. The zero-order valence-electron chi connectivity index (χ0n) is 26.1. The van der Waals surface area contributed by atoms with Gasteiger partial charge in [0.05, 0.1) is 11.1 Å². The van der Waals surface area contributed by atoms with E-state index in [1.807, 2.05) is 51.1 Å². The van der Waals surface area contributed by atoms with Gasteiger partial charge in [0.15, 0.2) is 11.4 Å². The highest BCUT2D eigenvalue weighted by molar-refractivity contribution is 6.33. The minimum absolute atomic E-state index is 0.0290. The highest BCUT2D eigenvalue weighted by Crippen LogP contribution is 2.52. The standard InChI is InChI=1S/C36H42O7/c1-18(2)26-16-22(11-8-21-9-12-25(13-10-21)43-35(5,6)7)31(38)30-27(26)17-23-15-24-14-19(3)28(20(4)37)33(40)36(24,42)34(41)29(23)32(30)39/h9-10,12-13,16,18,23-24,38-39,42H,8,11,14-15,17H2,1-7H3/t23-,24-,36-/m0/s1. The maximum Gasteiger partial charge on any atom is 0.206 e. The Bertz CT molecular complexity index is 1580.